The Morgan fingerprint density at radius 3 is 2.77 bits per heavy atom. The molecule has 1 aliphatic heterocycles. The van der Waals surface area contributed by atoms with Crippen LogP contribution < -0.4 is 9.47 Å². The Balaban J connectivity index is 1.53. The molecule has 0 fully saturated rings. The SMILES string of the molecule is COc1cc(C(C)=O)ccc1OCC(=O)N1N=C(c2cccs2)C[C@H]1c1ccco1. The smallest absolute Gasteiger partial charge is 0.281 e. The highest BCUT2D eigenvalue weighted by atomic mass is 32.1. The zero-order chi connectivity index (χ0) is 21.1. The molecule has 0 saturated heterocycles. The minimum atomic E-state index is -0.324. The van der Waals surface area contributed by atoms with Gasteiger partial charge in [-0.15, -0.1) is 11.3 Å². The van der Waals surface area contributed by atoms with E-state index in [1.165, 1.54) is 19.0 Å². The number of nitrogens with zero attached hydrogens (tertiary/aromatic N) is 2. The number of benzene rings is 1. The summed E-state index contributed by atoms with van der Waals surface area (Å²) < 4.78 is 16.5. The molecule has 1 aromatic carbocycles. The molecule has 8 heteroatoms. The number of methoxy groups -OCH3 is 1. The molecule has 154 valence electrons. The minimum Gasteiger partial charge on any atom is -0.493 e. The van der Waals surface area contributed by atoms with Gasteiger partial charge in [-0.2, -0.15) is 5.10 Å². The number of hydrazone groups is 1. The van der Waals surface area contributed by atoms with E-state index in [9.17, 15) is 9.59 Å². The van der Waals surface area contributed by atoms with Crippen LogP contribution in [0.5, 0.6) is 11.5 Å². The van der Waals surface area contributed by atoms with E-state index in [-0.39, 0.29) is 24.3 Å². The van der Waals surface area contributed by atoms with Crippen LogP contribution in [0, 0.1) is 0 Å². The largest absolute Gasteiger partial charge is 0.493 e. The zero-order valence-corrected chi connectivity index (χ0v) is 17.3. The first-order valence-electron chi connectivity index (χ1n) is 9.35. The van der Waals surface area contributed by atoms with Crippen molar-refractivity contribution >= 4 is 28.7 Å². The van der Waals surface area contributed by atoms with E-state index in [0.29, 0.717) is 29.2 Å². The maximum atomic E-state index is 13.0. The molecule has 0 spiro atoms. The van der Waals surface area contributed by atoms with Gasteiger partial charge in [0.05, 0.1) is 24.0 Å². The molecule has 2 aromatic heterocycles. The number of thiophene rings is 1. The van der Waals surface area contributed by atoms with Gasteiger partial charge < -0.3 is 13.9 Å². The van der Waals surface area contributed by atoms with Crippen LogP contribution in [0.2, 0.25) is 0 Å². The van der Waals surface area contributed by atoms with Gasteiger partial charge in [0.1, 0.15) is 11.8 Å². The van der Waals surface area contributed by atoms with E-state index in [1.807, 2.05) is 23.6 Å². The molecular weight excluding hydrogens is 404 g/mol. The summed E-state index contributed by atoms with van der Waals surface area (Å²) in [4.78, 5) is 25.6. The van der Waals surface area contributed by atoms with Crippen molar-refractivity contribution in [2.75, 3.05) is 13.7 Å². The maximum absolute atomic E-state index is 13.0. The fourth-order valence-electron chi connectivity index (χ4n) is 3.25. The van der Waals surface area contributed by atoms with Crippen molar-refractivity contribution in [1.82, 2.24) is 5.01 Å². The van der Waals surface area contributed by atoms with E-state index >= 15 is 0 Å². The molecule has 3 aromatic rings. The first-order valence-corrected chi connectivity index (χ1v) is 10.2. The fourth-order valence-corrected chi connectivity index (χ4v) is 3.97. The molecule has 4 rings (SSSR count). The summed E-state index contributed by atoms with van der Waals surface area (Å²) in [6.07, 6.45) is 2.15. The molecule has 7 nitrogen and oxygen atoms in total. The third-order valence-electron chi connectivity index (χ3n) is 4.76. The number of furan rings is 1. The maximum Gasteiger partial charge on any atom is 0.281 e. The molecule has 1 atom stereocenters. The van der Waals surface area contributed by atoms with Crippen molar-refractivity contribution in [3.05, 3.63) is 70.3 Å². The van der Waals surface area contributed by atoms with Gasteiger partial charge >= 0.3 is 0 Å². The molecule has 0 radical (unpaired) electrons. The van der Waals surface area contributed by atoms with Crippen molar-refractivity contribution in [3.63, 3.8) is 0 Å². The van der Waals surface area contributed by atoms with E-state index in [4.69, 9.17) is 13.9 Å². The number of hydrogen-bond acceptors (Lipinski definition) is 7. The lowest BCUT2D eigenvalue weighted by Crippen LogP contribution is -2.31. The van der Waals surface area contributed by atoms with Gasteiger partial charge in [0.25, 0.3) is 5.91 Å². The Hall–Kier alpha value is -3.39. The number of hydrogen-bond donors (Lipinski definition) is 0. The lowest BCUT2D eigenvalue weighted by Gasteiger charge is -2.20. The van der Waals surface area contributed by atoms with Crippen LogP contribution in [-0.4, -0.2) is 36.1 Å². The first kappa shape index (κ1) is 19.9. The van der Waals surface area contributed by atoms with Crippen LogP contribution in [0.25, 0.3) is 0 Å². The van der Waals surface area contributed by atoms with Crippen molar-refractivity contribution < 1.29 is 23.5 Å². The fraction of sp³-hybridized carbons (Fsp3) is 0.227. The number of rotatable bonds is 7. The second-order valence-corrected chi connectivity index (χ2v) is 7.66. The molecule has 0 aliphatic carbocycles. The van der Waals surface area contributed by atoms with Crippen molar-refractivity contribution in [2.24, 2.45) is 5.10 Å². The third-order valence-corrected chi connectivity index (χ3v) is 5.68. The summed E-state index contributed by atoms with van der Waals surface area (Å²) in [5, 5.41) is 7.95. The van der Waals surface area contributed by atoms with Crippen LogP contribution in [0.15, 0.2) is 63.6 Å². The average molecular weight is 424 g/mol. The first-order chi connectivity index (χ1) is 14.6. The van der Waals surface area contributed by atoms with Crippen LogP contribution in [-0.2, 0) is 4.79 Å². The van der Waals surface area contributed by atoms with Crippen molar-refractivity contribution in [2.45, 2.75) is 19.4 Å². The predicted octanol–water partition coefficient (Wildman–Crippen LogP) is 4.31. The highest BCUT2D eigenvalue weighted by Gasteiger charge is 2.35. The number of ether oxygens (including phenoxy) is 2. The second kappa shape index (κ2) is 8.54. The van der Waals surface area contributed by atoms with Crippen molar-refractivity contribution in [3.8, 4) is 11.5 Å². The molecule has 1 aliphatic rings. The van der Waals surface area contributed by atoms with Crippen molar-refractivity contribution in [1.29, 1.82) is 0 Å². The molecule has 3 heterocycles. The molecule has 30 heavy (non-hydrogen) atoms. The minimum absolute atomic E-state index is 0.0790. The zero-order valence-electron chi connectivity index (χ0n) is 16.5. The highest BCUT2D eigenvalue weighted by molar-refractivity contribution is 7.12. The lowest BCUT2D eigenvalue weighted by molar-refractivity contribution is -0.135. The van der Waals surface area contributed by atoms with Gasteiger partial charge in [0, 0.05) is 12.0 Å². The summed E-state index contributed by atoms with van der Waals surface area (Å²) in [6, 6.07) is 12.1. The Morgan fingerprint density at radius 2 is 2.10 bits per heavy atom. The third kappa shape index (κ3) is 3.99. The number of amides is 1. The van der Waals surface area contributed by atoms with Gasteiger partial charge in [-0.1, -0.05) is 6.07 Å². The Kier molecular flexibility index (Phi) is 5.67. The van der Waals surface area contributed by atoms with E-state index < -0.39 is 0 Å². The Bertz CT molecular complexity index is 1070. The number of Topliss-reactive ketones (excluding diaryl/α,β-unsaturated/α-hetero) is 1. The highest BCUT2D eigenvalue weighted by Crippen LogP contribution is 2.34. The molecule has 1 amide bonds. The van der Waals surface area contributed by atoms with Crippen LogP contribution in [0.3, 0.4) is 0 Å². The van der Waals surface area contributed by atoms with E-state index in [1.54, 1.807) is 41.9 Å². The molecule has 0 unspecified atom stereocenters. The summed E-state index contributed by atoms with van der Waals surface area (Å²) in [6.45, 7) is 1.25. The normalized spacial score (nSPS) is 15.7. The summed E-state index contributed by atoms with van der Waals surface area (Å²) in [5.41, 5.74) is 1.34. The van der Waals surface area contributed by atoms with Crippen LogP contribution >= 0.6 is 11.3 Å². The molecule has 0 N–H and O–H groups in total. The number of ketones is 1. The Labute approximate surface area is 177 Å². The molecule has 0 saturated carbocycles. The van der Waals surface area contributed by atoms with Gasteiger partial charge in [0.2, 0.25) is 0 Å². The number of carbonyl (C=O) groups is 2. The van der Waals surface area contributed by atoms with Gasteiger partial charge in [-0.05, 0) is 48.7 Å². The summed E-state index contributed by atoms with van der Waals surface area (Å²) in [5.74, 6) is 1.06. The standard InChI is InChI=1S/C22H20N2O5S/c1-14(25)15-7-8-19(20(11-15)27-2)29-13-22(26)24-17(18-5-3-9-28-18)12-16(23-24)21-6-4-10-30-21/h3-11,17H,12-13H2,1-2H3/t17-/m0/s1. The lowest BCUT2D eigenvalue weighted by atomic mass is 10.1. The van der Waals surface area contributed by atoms with Gasteiger partial charge in [0.15, 0.2) is 23.9 Å². The molecular formula is C22H20N2O5S. The number of carbonyl (C=O) groups excluding carboxylic acids is 2. The van der Waals surface area contributed by atoms with Gasteiger partial charge in [-0.3, -0.25) is 9.59 Å². The molecule has 0 bridgehead atoms. The topological polar surface area (TPSA) is 81.3 Å². The Morgan fingerprint density at radius 1 is 1.23 bits per heavy atom. The van der Waals surface area contributed by atoms with Crippen LogP contribution in [0.4, 0.5) is 0 Å². The quantitative estimate of drug-likeness (QED) is 0.528. The van der Waals surface area contributed by atoms with E-state index in [0.717, 1.165) is 10.6 Å². The second-order valence-electron chi connectivity index (χ2n) is 6.71. The summed E-state index contributed by atoms with van der Waals surface area (Å²) in [7, 11) is 1.49. The average Bonchev–Trinajstić information content (AvgIpc) is 3.51. The van der Waals surface area contributed by atoms with Gasteiger partial charge in [-0.25, -0.2) is 5.01 Å². The van der Waals surface area contributed by atoms with E-state index in [2.05, 4.69) is 5.10 Å². The monoisotopic (exact) mass is 424 g/mol. The predicted molar refractivity (Wildman–Crippen MR) is 112 cm³/mol. The van der Waals surface area contributed by atoms with Crippen LogP contribution in [0.1, 0.15) is 40.4 Å². The summed E-state index contributed by atoms with van der Waals surface area (Å²) >= 11 is 1.58.